The largest absolute Gasteiger partial charge is 0.494 e. The second-order valence-corrected chi connectivity index (χ2v) is 3.72. The number of H-pyrrole nitrogens is 1. The number of nitrogens with one attached hydrogen (secondary N) is 1. The average Bonchev–Trinajstić information content (AvgIpc) is 2.55. The molecule has 0 aliphatic carbocycles. The van der Waals surface area contributed by atoms with E-state index in [0.717, 1.165) is 22.0 Å². The number of benzene rings is 1. The Balaban J connectivity index is 2.51. The molecule has 1 aromatic heterocycles. The zero-order valence-electron chi connectivity index (χ0n) is 9.20. The lowest BCUT2D eigenvalue weighted by Gasteiger charge is -1.93. The van der Waals surface area contributed by atoms with E-state index >= 15 is 0 Å². The fraction of sp³-hybridized carbons (Fsp3) is 0.154. The van der Waals surface area contributed by atoms with Crippen LogP contribution in [0.3, 0.4) is 0 Å². The quantitative estimate of drug-likeness (QED) is 0.599. The Hall–Kier alpha value is -2.03. The van der Waals surface area contributed by atoms with Gasteiger partial charge in [0.05, 0.1) is 12.1 Å². The molecule has 82 valence electrons. The van der Waals surface area contributed by atoms with Gasteiger partial charge in [-0.05, 0) is 18.6 Å². The van der Waals surface area contributed by atoms with Gasteiger partial charge < -0.3 is 10.1 Å². The molecular weight excluding hydrogens is 200 g/mol. The molecule has 16 heavy (non-hydrogen) atoms. The maximum atomic E-state index is 9.75. The van der Waals surface area contributed by atoms with Crippen molar-refractivity contribution in [1.82, 2.24) is 4.98 Å². The number of aromatic nitrogens is 1. The van der Waals surface area contributed by atoms with Crippen molar-refractivity contribution in [3.63, 3.8) is 0 Å². The minimum absolute atomic E-state index is 0.161. The van der Waals surface area contributed by atoms with Gasteiger partial charge >= 0.3 is 0 Å². The molecule has 0 aliphatic heterocycles. The number of nitrogens with zero attached hydrogens (tertiary/aromatic N) is 1. The van der Waals surface area contributed by atoms with Crippen LogP contribution in [-0.2, 0) is 0 Å². The molecule has 0 amide bonds. The number of fused-ring (bicyclic) bond motifs is 1. The molecule has 0 atom stereocenters. The van der Waals surface area contributed by atoms with Crippen LogP contribution in [0.5, 0.6) is 5.88 Å². The Labute approximate surface area is 94.1 Å². The van der Waals surface area contributed by atoms with Crippen molar-refractivity contribution in [2.45, 2.75) is 6.92 Å². The Morgan fingerprint density at radius 2 is 2.31 bits per heavy atom. The smallest absolute Gasteiger partial charge is 0.198 e. The van der Waals surface area contributed by atoms with Gasteiger partial charge in [0.2, 0.25) is 0 Å². The first-order valence-electron chi connectivity index (χ1n) is 5.14. The second kappa shape index (κ2) is 4.23. The minimum Gasteiger partial charge on any atom is -0.494 e. The molecule has 0 fully saturated rings. The third-order valence-electron chi connectivity index (χ3n) is 2.43. The molecular formula is C13H14N2O. The number of aryl methyl sites for hydroxylation is 1. The van der Waals surface area contributed by atoms with Crippen molar-refractivity contribution >= 4 is 17.1 Å². The van der Waals surface area contributed by atoms with Crippen LogP contribution in [0.2, 0.25) is 0 Å². The molecule has 2 N–H and O–H groups in total. The van der Waals surface area contributed by atoms with Crippen molar-refractivity contribution in [2.75, 3.05) is 6.54 Å². The van der Waals surface area contributed by atoms with E-state index in [1.54, 1.807) is 12.3 Å². The van der Waals surface area contributed by atoms with Crippen LogP contribution >= 0.6 is 0 Å². The Kier molecular flexibility index (Phi) is 2.77. The molecule has 3 heteroatoms. The summed E-state index contributed by atoms with van der Waals surface area (Å²) in [5, 5.41) is 10.7. The molecule has 0 saturated carbocycles. The predicted octanol–water partition coefficient (Wildman–Crippen LogP) is 2.79. The highest BCUT2D eigenvalue weighted by Crippen LogP contribution is 2.26. The monoisotopic (exact) mass is 214 g/mol. The number of hydrogen-bond donors (Lipinski definition) is 2. The van der Waals surface area contributed by atoms with Crippen LogP contribution in [0.25, 0.3) is 10.9 Å². The van der Waals surface area contributed by atoms with E-state index in [1.165, 1.54) is 0 Å². The summed E-state index contributed by atoms with van der Waals surface area (Å²) in [7, 11) is 0. The molecule has 0 spiro atoms. The Morgan fingerprint density at radius 3 is 3.06 bits per heavy atom. The summed E-state index contributed by atoms with van der Waals surface area (Å²) in [6.07, 6.45) is 3.39. The van der Waals surface area contributed by atoms with E-state index in [4.69, 9.17) is 0 Å². The highest BCUT2D eigenvalue weighted by atomic mass is 16.3. The lowest BCUT2D eigenvalue weighted by atomic mass is 10.1. The Morgan fingerprint density at radius 1 is 1.50 bits per heavy atom. The normalized spacial score (nSPS) is 11.3. The number of rotatable bonds is 3. The summed E-state index contributed by atoms with van der Waals surface area (Å²) >= 11 is 0. The van der Waals surface area contributed by atoms with Gasteiger partial charge in [0.25, 0.3) is 0 Å². The highest BCUT2D eigenvalue weighted by Gasteiger charge is 2.07. The van der Waals surface area contributed by atoms with Crippen molar-refractivity contribution in [3.8, 4) is 5.88 Å². The van der Waals surface area contributed by atoms with E-state index in [-0.39, 0.29) is 5.88 Å². The number of aromatic hydroxyl groups is 1. The van der Waals surface area contributed by atoms with Crippen molar-refractivity contribution < 1.29 is 5.11 Å². The maximum Gasteiger partial charge on any atom is 0.198 e. The maximum absolute atomic E-state index is 9.75. The zero-order chi connectivity index (χ0) is 11.5. The van der Waals surface area contributed by atoms with Crippen LogP contribution in [0.1, 0.15) is 11.1 Å². The molecule has 2 aromatic rings. The lowest BCUT2D eigenvalue weighted by Crippen LogP contribution is -1.81. The number of hydrogen-bond acceptors (Lipinski definition) is 2. The molecule has 0 radical (unpaired) electrons. The molecule has 1 heterocycles. The summed E-state index contributed by atoms with van der Waals surface area (Å²) in [6.45, 7) is 6.16. The molecule has 0 aliphatic rings. The summed E-state index contributed by atoms with van der Waals surface area (Å²) in [4.78, 5) is 7.08. The summed E-state index contributed by atoms with van der Waals surface area (Å²) in [5.74, 6) is 0.161. The van der Waals surface area contributed by atoms with Crippen LogP contribution in [0.15, 0.2) is 35.8 Å². The van der Waals surface area contributed by atoms with E-state index in [2.05, 4.69) is 16.6 Å². The first-order valence-corrected chi connectivity index (χ1v) is 5.14. The third-order valence-corrected chi connectivity index (χ3v) is 2.43. The van der Waals surface area contributed by atoms with Gasteiger partial charge in [-0.1, -0.05) is 18.2 Å². The Bertz CT molecular complexity index is 552. The van der Waals surface area contributed by atoms with Gasteiger partial charge in [-0.2, -0.15) is 0 Å². The van der Waals surface area contributed by atoms with E-state index in [0.29, 0.717) is 6.54 Å². The SMILES string of the molecule is C=CCN=Cc1c(O)[nH]c2cc(C)ccc12. The molecule has 0 unspecified atom stereocenters. The first-order chi connectivity index (χ1) is 7.72. The highest BCUT2D eigenvalue weighted by molar-refractivity contribution is 6.02. The predicted molar refractivity (Wildman–Crippen MR) is 67.4 cm³/mol. The van der Waals surface area contributed by atoms with Gasteiger partial charge in [-0.3, -0.25) is 4.99 Å². The molecule has 0 bridgehead atoms. The fourth-order valence-electron chi connectivity index (χ4n) is 1.67. The second-order valence-electron chi connectivity index (χ2n) is 3.72. The standard InChI is InChI=1S/C13H14N2O/c1-3-6-14-8-11-10-5-4-9(2)7-12(10)15-13(11)16/h3-5,7-8,15-16H,1,6H2,2H3. The molecule has 3 nitrogen and oxygen atoms in total. The van der Waals surface area contributed by atoms with Crippen molar-refractivity contribution in [2.24, 2.45) is 4.99 Å². The van der Waals surface area contributed by atoms with Crippen LogP contribution in [0, 0.1) is 6.92 Å². The van der Waals surface area contributed by atoms with Gasteiger partial charge in [0, 0.05) is 17.1 Å². The van der Waals surface area contributed by atoms with E-state index in [1.807, 2.05) is 25.1 Å². The van der Waals surface area contributed by atoms with Gasteiger partial charge in [-0.15, -0.1) is 6.58 Å². The van der Waals surface area contributed by atoms with Crippen molar-refractivity contribution in [3.05, 3.63) is 42.0 Å². The average molecular weight is 214 g/mol. The van der Waals surface area contributed by atoms with Gasteiger partial charge in [-0.25, -0.2) is 0 Å². The van der Waals surface area contributed by atoms with Gasteiger partial charge in [0.1, 0.15) is 0 Å². The van der Waals surface area contributed by atoms with Gasteiger partial charge in [0.15, 0.2) is 5.88 Å². The zero-order valence-corrected chi connectivity index (χ0v) is 9.20. The summed E-state index contributed by atoms with van der Waals surface area (Å²) in [5.41, 5.74) is 2.82. The summed E-state index contributed by atoms with van der Waals surface area (Å²) < 4.78 is 0. The minimum atomic E-state index is 0.161. The fourth-order valence-corrected chi connectivity index (χ4v) is 1.67. The van der Waals surface area contributed by atoms with E-state index < -0.39 is 0 Å². The number of aliphatic imine (C=N–C) groups is 1. The van der Waals surface area contributed by atoms with Crippen LogP contribution < -0.4 is 0 Å². The lowest BCUT2D eigenvalue weighted by molar-refractivity contribution is 0.457. The molecule has 1 aromatic carbocycles. The van der Waals surface area contributed by atoms with Crippen LogP contribution in [0.4, 0.5) is 0 Å². The number of aromatic amines is 1. The van der Waals surface area contributed by atoms with Crippen molar-refractivity contribution in [1.29, 1.82) is 0 Å². The topological polar surface area (TPSA) is 48.4 Å². The molecule has 2 rings (SSSR count). The van der Waals surface area contributed by atoms with E-state index in [9.17, 15) is 5.11 Å². The third kappa shape index (κ3) is 1.84. The summed E-state index contributed by atoms with van der Waals surface area (Å²) in [6, 6.07) is 6.00. The van der Waals surface area contributed by atoms with Crippen LogP contribution in [-0.4, -0.2) is 22.8 Å². The molecule has 0 saturated heterocycles. The first kappa shape index (κ1) is 10.5.